The summed E-state index contributed by atoms with van der Waals surface area (Å²) in [7, 11) is 3.32. The van der Waals surface area contributed by atoms with Crippen LogP contribution in [0.3, 0.4) is 0 Å². The number of anilines is 2. The van der Waals surface area contributed by atoms with Crippen molar-refractivity contribution in [3.63, 3.8) is 0 Å². The Morgan fingerprint density at radius 3 is 2.54 bits per heavy atom. The first-order valence-corrected chi connectivity index (χ1v) is 11.5. The van der Waals surface area contributed by atoms with Gasteiger partial charge in [0.05, 0.1) is 22.8 Å². The van der Waals surface area contributed by atoms with Gasteiger partial charge in [0.1, 0.15) is 5.58 Å². The maximum atomic E-state index is 12.9. The SMILES string of the molecule is COC(OC)C1CCN(c2ncc(Oc3cc4oc5cccc(Cl)c5c(=O)c4nc3N)cn2)CC1. The maximum Gasteiger partial charge on any atom is 0.225 e. The van der Waals surface area contributed by atoms with Gasteiger partial charge in [0.15, 0.2) is 34.7 Å². The summed E-state index contributed by atoms with van der Waals surface area (Å²) in [5, 5.41) is 0.549. The quantitative estimate of drug-likeness (QED) is 0.308. The van der Waals surface area contributed by atoms with Gasteiger partial charge in [-0.1, -0.05) is 17.7 Å². The van der Waals surface area contributed by atoms with Gasteiger partial charge in [-0.2, -0.15) is 0 Å². The third-order valence-corrected chi connectivity index (χ3v) is 6.45. The van der Waals surface area contributed by atoms with Crippen molar-refractivity contribution in [1.29, 1.82) is 0 Å². The smallest absolute Gasteiger partial charge is 0.225 e. The lowest BCUT2D eigenvalue weighted by Crippen LogP contribution is -2.39. The first-order chi connectivity index (χ1) is 17.0. The number of methoxy groups -OCH3 is 2. The Balaban J connectivity index is 1.34. The lowest BCUT2D eigenvalue weighted by molar-refractivity contribution is -0.141. The van der Waals surface area contributed by atoms with Crippen molar-refractivity contribution < 1.29 is 18.6 Å². The van der Waals surface area contributed by atoms with Crippen molar-refractivity contribution in [2.24, 2.45) is 5.92 Å². The summed E-state index contributed by atoms with van der Waals surface area (Å²) in [5.74, 6) is 1.58. The Kier molecular flexibility index (Phi) is 6.42. The van der Waals surface area contributed by atoms with Gasteiger partial charge in [-0.3, -0.25) is 4.79 Å². The average molecular weight is 498 g/mol. The molecule has 1 fully saturated rings. The molecule has 0 amide bonds. The zero-order chi connectivity index (χ0) is 24.5. The number of pyridine rings is 1. The molecule has 4 aromatic rings. The van der Waals surface area contributed by atoms with Crippen LogP contribution in [0.2, 0.25) is 5.02 Å². The van der Waals surface area contributed by atoms with E-state index in [0.717, 1.165) is 25.9 Å². The summed E-state index contributed by atoms with van der Waals surface area (Å²) in [6.45, 7) is 1.60. The van der Waals surface area contributed by atoms with E-state index in [1.165, 1.54) is 6.07 Å². The Bertz CT molecular complexity index is 1420. The molecular formula is C24H24ClN5O5. The number of aromatic nitrogens is 3. The van der Waals surface area contributed by atoms with Crippen molar-refractivity contribution in [1.82, 2.24) is 15.0 Å². The van der Waals surface area contributed by atoms with Gasteiger partial charge < -0.3 is 29.3 Å². The number of nitrogen functional groups attached to an aromatic ring is 1. The number of halogens is 1. The van der Waals surface area contributed by atoms with E-state index in [-0.39, 0.29) is 44.8 Å². The molecule has 1 saturated heterocycles. The molecule has 1 aromatic carbocycles. The highest BCUT2D eigenvalue weighted by molar-refractivity contribution is 6.35. The second-order valence-corrected chi connectivity index (χ2v) is 8.65. The molecule has 182 valence electrons. The second kappa shape index (κ2) is 9.65. The van der Waals surface area contributed by atoms with Crippen LogP contribution in [0.5, 0.6) is 11.5 Å². The zero-order valence-corrected chi connectivity index (χ0v) is 20.0. The number of piperidine rings is 1. The van der Waals surface area contributed by atoms with Gasteiger partial charge in [-0.25, -0.2) is 15.0 Å². The van der Waals surface area contributed by atoms with Crippen molar-refractivity contribution in [3.8, 4) is 11.5 Å². The highest BCUT2D eigenvalue weighted by Gasteiger charge is 2.27. The van der Waals surface area contributed by atoms with Crippen LogP contribution >= 0.6 is 11.6 Å². The van der Waals surface area contributed by atoms with E-state index in [0.29, 0.717) is 23.2 Å². The van der Waals surface area contributed by atoms with E-state index in [1.807, 2.05) is 0 Å². The summed E-state index contributed by atoms with van der Waals surface area (Å²) in [6, 6.07) is 6.52. The minimum atomic E-state index is -0.358. The van der Waals surface area contributed by atoms with Crippen LogP contribution < -0.4 is 20.8 Å². The highest BCUT2D eigenvalue weighted by Crippen LogP contribution is 2.31. The molecule has 0 unspecified atom stereocenters. The topological polar surface area (TPSA) is 126 Å². The molecule has 0 radical (unpaired) electrons. The van der Waals surface area contributed by atoms with Crippen molar-refractivity contribution >= 4 is 45.4 Å². The Hall–Kier alpha value is -3.47. The molecular weight excluding hydrogens is 474 g/mol. The fraction of sp³-hybridized carbons (Fsp3) is 0.333. The van der Waals surface area contributed by atoms with E-state index >= 15 is 0 Å². The van der Waals surface area contributed by atoms with E-state index in [2.05, 4.69) is 19.9 Å². The maximum absolute atomic E-state index is 12.9. The molecule has 35 heavy (non-hydrogen) atoms. The fourth-order valence-corrected chi connectivity index (χ4v) is 4.62. The monoisotopic (exact) mass is 497 g/mol. The molecule has 0 bridgehead atoms. The number of ether oxygens (including phenoxy) is 3. The predicted molar refractivity (Wildman–Crippen MR) is 132 cm³/mol. The molecule has 11 heteroatoms. The predicted octanol–water partition coefficient (Wildman–Crippen LogP) is 3.99. The number of fused-ring (bicyclic) bond motifs is 2. The second-order valence-electron chi connectivity index (χ2n) is 8.25. The van der Waals surface area contributed by atoms with Crippen molar-refractivity contribution in [3.05, 3.63) is 51.9 Å². The van der Waals surface area contributed by atoms with Crippen LogP contribution in [0.25, 0.3) is 22.1 Å². The molecule has 0 atom stereocenters. The van der Waals surface area contributed by atoms with Crippen molar-refractivity contribution in [2.45, 2.75) is 19.1 Å². The molecule has 4 heterocycles. The molecule has 2 N–H and O–H groups in total. The molecule has 1 aliphatic rings. The minimum Gasteiger partial charge on any atom is -0.454 e. The Labute approximate surface area is 205 Å². The minimum absolute atomic E-state index is 0.0354. The molecule has 3 aromatic heterocycles. The number of nitrogens with two attached hydrogens (primary N) is 1. The molecule has 5 rings (SSSR count). The van der Waals surface area contributed by atoms with Gasteiger partial charge in [0.25, 0.3) is 0 Å². The van der Waals surface area contributed by atoms with Gasteiger partial charge >= 0.3 is 0 Å². The summed E-state index contributed by atoms with van der Waals surface area (Å²) in [4.78, 5) is 28.1. The fourth-order valence-electron chi connectivity index (χ4n) is 4.37. The van der Waals surface area contributed by atoms with Gasteiger partial charge in [-0.05, 0) is 25.0 Å². The number of benzene rings is 1. The Morgan fingerprint density at radius 1 is 1.14 bits per heavy atom. The molecule has 0 spiro atoms. The van der Waals surface area contributed by atoms with E-state index in [9.17, 15) is 4.79 Å². The van der Waals surface area contributed by atoms with E-state index < -0.39 is 0 Å². The van der Waals surface area contributed by atoms with Crippen LogP contribution in [0.15, 0.2) is 45.9 Å². The standard InChI is InChI=1S/C24H24ClN5O5/c1-32-23(33-2)13-6-8-30(9-7-13)24-27-11-14(12-28-24)34-18-10-17-20(29-22(18)26)21(31)19-15(25)4-3-5-16(19)35-17/h3-5,10-13,23H,6-9H2,1-2H3,(H2,26,29). The lowest BCUT2D eigenvalue weighted by atomic mass is 9.96. The van der Waals surface area contributed by atoms with Crippen LogP contribution in [-0.4, -0.2) is 48.6 Å². The van der Waals surface area contributed by atoms with Crippen molar-refractivity contribution in [2.75, 3.05) is 37.9 Å². The number of rotatable bonds is 6. The third-order valence-electron chi connectivity index (χ3n) is 6.13. The summed E-state index contributed by atoms with van der Waals surface area (Å²) >= 11 is 6.17. The highest BCUT2D eigenvalue weighted by atomic mass is 35.5. The van der Waals surface area contributed by atoms with E-state index in [1.54, 1.807) is 44.8 Å². The number of nitrogens with zero attached hydrogens (tertiary/aromatic N) is 4. The molecule has 0 saturated carbocycles. The largest absolute Gasteiger partial charge is 0.454 e. The normalized spacial score (nSPS) is 14.8. The number of hydrogen-bond acceptors (Lipinski definition) is 10. The molecule has 1 aliphatic heterocycles. The average Bonchev–Trinajstić information content (AvgIpc) is 2.87. The van der Waals surface area contributed by atoms with E-state index in [4.69, 9.17) is 36.0 Å². The summed E-state index contributed by atoms with van der Waals surface area (Å²) in [5.41, 5.74) is 6.38. The molecule has 10 nitrogen and oxygen atoms in total. The lowest BCUT2D eigenvalue weighted by Gasteiger charge is -2.34. The molecule has 0 aliphatic carbocycles. The van der Waals surface area contributed by atoms with Gasteiger partial charge in [-0.15, -0.1) is 0 Å². The Morgan fingerprint density at radius 2 is 1.86 bits per heavy atom. The van der Waals surface area contributed by atoms with Crippen LogP contribution in [0.4, 0.5) is 11.8 Å². The zero-order valence-electron chi connectivity index (χ0n) is 19.2. The van der Waals surface area contributed by atoms with Crippen LogP contribution in [0.1, 0.15) is 12.8 Å². The first kappa shape index (κ1) is 23.3. The van der Waals surface area contributed by atoms with Gasteiger partial charge in [0.2, 0.25) is 11.4 Å². The van der Waals surface area contributed by atoms with Crippen LogP contribution in [0, 0.1) is 5.92 Å². The first-order valence-electron chi connectivity index (χ1n) is 11.1. The summed E-state index contributed by atoms with van der Waals surface area (Å²) < 4.78 is 22.5. The number of hydrogen-bond donors (Lipinski definition) is 1. The third kappa shape index (κ3) is 4.47. The van der Waals surface area contributed by atoms with Gasteiger partial charge in [0, 0.05) is 39.3 Å². The van der Waals surface area contributed by atoms with Crippen LogP contribution in [-0.2, 0) is 9.47 Å². The summed E-state index contributed by atoms with van der Waals surface area (Å²) in [6.07, 6.45) is 4.77.